The third-order valence-corrected chi connectivity index (χ3v) is 3.16. The van der Waals surface area contributed by atoms with Crippen LogP contribution in [0.4, 0.5) is 10.1 Å². The Morgan fingerprint density at radius 3 is 2.83 bits per heavy atom. The van der Waals surface area contributed by atoms with Crippen LogP contribution in [0.3, 0.4) is 0 Å². The molecule has 0 unspecified atom stereocenters. The van der Waals surface area contributed by atoms with E-state index in [0.717, 1.165) is 17.5 Å². The molecule has 2 heterocycles. The number of rotatable bonds is 3. The Morgan fingerprint density at radius 2 is 2.22 bits per heavy atom. The van der Waals surface area contributed by atoms with E-state index in [2.05, 4.69) is 31.2 Å². The van der Waals surface area contributed by atoms with Crippen molar-refractivity contribution >= 4 is 43.3 Å². The molecule has 0 saturated carbocycles. The molecular formula is C9H5BrN4O3S. The molecule has 0 aliphatic heterocycles. The lowest BCUT2D eigenvalue weighted by molar-refractivity contribution is -0.380. The van der Waals surface area contributed by atoms with Crippen molar-refractivity contribution in [2.75, 3.05) is 5.32 Å². The van der Waals surface area contributed by atoms with Gasteiger partial charge in [0.25, 0.3) is 5.91 Å². The van der Waals surface area contributed by atoms with Gasteiger partial charge in [-0.25, -0.2) is 4.98 Å². The third-order valence-electron chi connectivity index (χ3n) is 1.86. The van der Waals surface area contributed by atoms with Crippen LogP contribution in [-0.2, 0) is 0 Å². The van der Waals surface area contributed by atoms with Crippen LogP contribution in [0.1, 0.15) is 10.4 Å². The number of pyridine rings is 1. The van der Waals surface area contributed by atoms with Crippen molar-refractivity contribution in [2.45, 2.75) is 0 Å². The monoisotopic (exact) mass is 328 g/mol. The Hall–Kier alpha value is -1.87. The highest BCUT2D eigenvalue weighted by molar-refractivity contribution is 9.10. The van der Waals surface area contributed by atoms with Gasteiger partial charge in [-0.1, -0.05) is 0 Å². The molecule has 0 aliphatic carbocycles. The summed E-state index contributed by atoms with van der Waals surface area (Å²) in [6.45, 7) is 0. The van der Waals surface area contributed by atoms with Crippen molar-refractivity contribution in [3.05, 3.63) is 44.8 Å². The molecule has 0 spiro atoms. The molecule has 2 rings (SSSR count). The molecule has 0 bridgehead atoms. The lowest BCUT2D eigenvalue weighted by atomic mass is 10.3. The van der Waals surface area contributed by atoms with Crippen molar-refractivity contribution in [1.82, 2.24) is 9.97 Å². The van der Waals surface area contributed by atoms with Crippen molar-refractivity contribution in [3.8, 4) is 0 Å². The van der Waals surface area contributed by atoms with E-state index >= 15 is 0 Å². The summed E-state index contributed by atoms with van der Waals surface area (Å²) in [5, 5.41) is 13.0. The number of carbonyl (C=O) groups is 1. The van der Waals surface area contributed by atoms with Gasteiger partial charge in [-0.15, -0.1) is 0 Å². The van der Waals surface area contributed by atoms with Crippen LogP contribution < -0.4 is 5.32 Å². The van der Waals surface area contributed by atoms with Gasteiger partial charge in [0.2, 0.25) is 0 Å². The minimum Gasteiger partial charge on any atom is -0.298 e. The molecule has 2 aromatic heterocycles. The second-order valence-corrected chi connectivity index (χ2v) is 5.03. The molecule has 1 amide bonds. The summed E-state index contributed by atoms with van der Waals surface area (Å²) >= 11 is 3.99. The number of anilines is 1. The number of thiazole rings is 1. The number of hydrogen-bond acceptors (Lipinski definition) is 6. The van der Waals surface area contributed by atoms with Gasteiger partial charge in [-0.2, -0.15) is 0 Å². The number of nitrogens with one attached hydrogen (secondary N) is 1. The van der Waals surface area contributed by atoms with Crippen molar-refractivity contribution < 1.29 is 9.72 Å². The molecule has 1 N–H and O–H groups in total. The lowest BCUT2D eigenvalue weighted by Crippen LogP contribution is -2.11. The predicted octanol–water partition coefficient (Wildman–Crippen LogP) is 2.46. The third kappa shape index (κ3) is 2.87. The fourth-order valence-corrected chi connectivity index (χ4v) is 2.11. The van der Waals surface area contributed by atoms with E-state index in [-0.39, 0.29) is 10.1 Å². The summed E-state index contributed by atoms with van der Waals surface area (Å²) in [6, 6.07) is 1.59. The lowest BCUT2D eigenvalue weighted by Gasteiger charge is -2.00. The van der Waals surface area contributed by atoms with E-state index in [1.807, 2.05) is 0 Å². The highest BCUT2D eigenvalue weighted by Crippen LogP contribution is 2.25. The summed E-state index contributed by atoms with van der Waals surface area (Å²) in [7, 11) is 0. The van der Waals surface area contributed by atoms with Gasteiger partial charge < -0.3 is 0 Å². The van der Waals surface area contributed by atoms with Crippen LogP contribution in [0.15, 0.2) is 29.1 Å². The number of amides is 1. The van der Waals surface area contributed by atoms with Crippen LogP contribution in [0.25, 0.3) is 0 Å². The average molecular weight is 329 g/mol. The smallest absolute Gasteiger partial charge is 0.298 e. The molecule has 9 heteroatoms. The van der Waals surface area contributed by atoms with Crippen LogP contribution in [0, 0.1) is 10.1 Å². The number of halogens is 1. The van der Waals surface area contributed by atoms with E-state index in [1.165, 1.54) is 6.20 Å². The second-order valence-electron chi connectivity index (χ2n) is 3.11. The molecule has 0 radical (unpaired) electrons. The molecule has 0 aliphatic rings. The standard InChI is InChI=1S/C9H5BrN4O3S/c10-6-1-5(2-11-3-6)8(15)13-9-12-4-7(18-9)14(16)17/h1-4H,(H,12,13,15). The van der Waals surface area contributed by atoms with E-state index in [1.54, 1.807) is 12.3 Å². The van der Waals surface area contributed by atoms with Crippen LogP contribution >= 0.6 is 27.3 Å². The van der Waals surface area contributed by atoms with Crippen molar-refractivity contribution in [2.24, 2.45) is 0 Å². The molecule has 18 heavy (non-hydrogen) atoms. The molecule has 7 nitrogen and oxygen atoms in total. The Labute approximate surface area is 113 Å². The molecule has 0 atom stereocenters. The van der Waals surface area contributed by atoms with E-state index < -0.39 is 10.8 Å². The fourth-order valence-electron chi connectivity index (χ4n) is 1.11. The predicted molar refractivity (Wildman–Crippen MR) is 68.7 cm³/mol. The average Bonchev–Trinajstić information content (AvgIpc) is 2.77. The van der Waals surface area contributed by atoms with E-state index in [0.29, 0.717) is 10.0 Å². The van der Waals surface area contributed by atoms with Gasteiger partial charge in [0.15, 0.2) is 5.13 Å². The normalized spacial score (nSPS) is 10.1. The first-order valence-electron chi connectivity index (χ1n) is 4.58. The molecule has 0 fully saturated rings. The number of carbonyl (C=O) groups excluding carboxylic acids is 1. The zero-order chi connectivity index (χ0) is 13.1. The number of nitrogens with zero attached hydrogens (tertiary/aromatic N) is 3. The maximum absolute atomic E-state index is 11.8. The van der Waals surface area contributed by atoms with Gasteiger partial charge in [-0.3, -0.25) is 25.2 Å². The van der Waals surface area contributed by atoms with Gasteiger partial charge >= 0.3 is 5.00 Å². The summed E-state index contributed by atoms with van der Waals surface area (Å²) in [5.41, 5.74) is 0.335. The Bertz CT molecular complexity index is 615. The Morgan fingerprint density at radius 1 is 1.44 bits per heavy atom. The number of nitro groups is 1. The first-order chi connectivity index (χ1) is 8.56. The van der Waals surface area contributed by atoms with Crippen LogP contribution in [0.5, 0.6) is 0 Å². The minimum absolute atomic E-state index is 0.127. The summed E-state index contributed by atoms with van der Waals surface area (Å²) < 4.78 is 0.667. The first kappa shape index (κ1) is 12.6. The maximum atomic E-state index is 11.8. The molecule has 0 aromatic carbocycles. The topological polar surface area (TPSA) is 98.0 Å². The summed E-state index contributed by atoms with van der Waals surface area (Å²) in [5.74, 6) is -0.423. The highest BCUT2D eigenvalue weighted by atomic mass is 79.9. The van der Waals surface area contributed by atoms with Gasteiger partial charge in [0.05, 0.1) is 10.5 Å². The largest absolute Gasteiger partial charge is 0.345 e. The van der Waals surface area contributed by atoms with E-state index in [4.69, 9.17) is 0 Å². The quantitative estimate of drug-likeness (QED) is 0.689. The Balaban J connectivity index is 2.13. The maximum Gasteiger partial charge on any atom is 0.345 e. The summed E-state index contributed by atoms with van der Waals surface area (Å²) in [4.78, 5) is 29.3. The van der Waals surface area contributed by atoms with Crippen molar-refractivity contribution in [1.29, 1.82) is 0 Å². The molecule has 0 saturated heterocycles. The van der Waals surface area contributed by atoms with Crippen molar-refractivity contribution in [3.63, 3.8) is 0 Å². The van der Waals surface area contributed by atoms with E-state index in [9.17, 15) is 14.9 Å². The highest BCUT2D eigenvalue weighted by Gasteiger charge is 2.14. The molecular weight excluding hydrogens is 324 g/mol. The van der Waals surface area contributed by atoms with Crippen LogP contribution in [-0.4, -0.2) is 20.8 Å². The summed E-state index contributed by atoms with van der Waals surface area (Å²) in [6.07, 6.45) is 4.03. The van der Waals surface area contributed by atoms with Gasteiger partial charge in [0.1, 0.15) is 6.20 Å². The fraction of sp³-hybridized carbons (Fsp3) is 0. The first-order valence-corrected chi connectivity index (χ1v) is 6.19. The second kappa shape index (κ2) is 5.19. The van der Waals surface area contributed by atoms with Crippen LogP contribution in [0.2, 0.25) is 0 Å². The molecule has 2 aromatic rings. The molecule has 92 valence electrons. The zero-order valence-corrected chi connectivity index (χ0v) is 11.1. The zero-order valence-electron chi connectivity index (χ0n) is 8.66. The minimum atomic E-state index is -0.562. The Kier molecular flexibility index (Phi) is 3.63. The number of hydrogen-bond donors (Lipinski definition) is 1. The SMILES string of the molecule is O=C(Nc1ncc([N+](=O)[O-])s1)c1cncc(Br)c1. The number of aromatic nitrogens is 2. The van der Waals surface area contributed by atoms with Gasteiger partial charge in [-0.05, 0) is 33.3 Å². The van der Waals surface area contributed by atoms with Gasteiger partial charge in [0, 0.05) is 16.9 Å².